The lowest BCUT2D eigenvalue weighted by molar-refractivity contribution is -0.117. The van der Waals surface area contributed by atoms with Crippen molar-refractivity contribution in [3.8, 4) is 0 Å². The summed E-state index contributed by atoms with van der Waals surface area (Å²) in [6.45, 7) is 0. The van der Waals surface area contributed by atoms with Crippen LogP contribution in [0.2, 0.25) is 0 Å². The first-order valence-corrected chi connectivity index (χ1v) is 4.80. The molecule has 74 valence electrons. The molecule has 0 atom stereocenters. The molecule has 0 fully saturated rings. The Morgan fingerprint density at radius 2 is 2.00 bits per heavy atom. The Kier molecular flexibility index (Phi) is 3.35. The van der Waals surface area contributed by atoms with E-state index in [1.807, 2.05) is 0 Å². The molecule has 0 spiro atoms. The number of rotatable bonds is 3. The van der Waals surface area contributed by atoms with Crippen LogP contribution in [0.1, 0.15) is 5.56 Å². The quantitative estimate of drug-likeness (QED) is 0.786. The van der Waals surface area contributed by atoms with Gasteiger partial charge in [-0.3, -0.25) is 4.79 Å². The molecular formula is C8H8N2O3S. The number of carbonyl (C=O) groups excluding carboxylic acids is 1. The van der Waals surface area contributed by atoms with Crippen molar-refractivity contribution in [2.45, 2.75) is 6.42 Å². The van der Waals surface area contributed by atoms with E-state index in [1.165, 1.54) is 6.07 Å². The minimum atomic E-state index is -2.52. The van der Waals surface area contributed by atoms with Gasteiger partial charge in [-0.15, -0.1) is 4.36 Å². The molecule has 0 saturated heterocycles. The molecule has 0 aromatic heterocycles. The fourth-order valence-electron chi connectivity index (χ4n) is 1.02. The van der Waals surface area contributed by atoms with Crippen LogP contribution >= 0.6 is 0 Å². The van der Waals surface area contributed by atoms with Crippen molar-refractivity contribution in [1.29, 1.82) is 0 Å². The van der Waals surface area contributed by atoms with E-state index in [0.29, 0.717) is 5.56 Å². The number of hydrogen-bond donors (Lipinski definition) is 1. The van der Waals surface area contributed by atoms with Crippen LogP contribution < -0.4 is 5.73 Å². The summed E-state index contributed by atoms with van der Waals surface area (Å²) in [5.74, 6) is -0.524. The third-order valence-electron chi connectivity index (χ3n) is 1.53. The molecule has 1 aromatic carbocycles. The Morgan fingerprint density at radius 3 is 2.57 bits per heavy atom. The number of hydrogen-bond acceptors (Lipinski definition) is 4. The van der Waals surface area contributed by atoms with Crippen LogP contribution in [0, 0.1) is 0 Å². The summed E-state index contributed by atoms with van der Waals surface area (Å²) in [7, 11) is -2.52. The number of carbonyl (C=O) groups is 1. The third kappa shape index (κ3) is 2.98. The van der Waals surface area contributed by atoms with Gasteiger partial charge >= 0.3 is 10.5 Å². The molecule has 0 radical (unpaired) electrons. The van der Waals surface area contributed by atoms with Gasteiger partial charge in [0, 0.05) is 0 Å². The van der Waals surface area contributed by atoms with E-state index in [9.17, 15) is 13.2 Å². The molecule has 1 rings (SSSR count). The fraction of sp³-hybridized carbons (Fsp3) is 0.125. The van der Waals surface area contributed by atoms with Gasteiger partial charge in [0.15, 0.2) is 0 Å². The van der Waals surface area contributed by atoms with Crippen molar-refractivity contribution in [3.05, 3.63) is 29.8 Å². The molecule has 0 aliphatic heterocycles. The Labute approximate surface area is 82.3 Å². The van der Waals surface area contributed by atoms with Crippen LogP contribution in [0.25, 0.3) is 0 Å². The van der Waals surface area contributed by atoms with Gasteiger partial charge in [0.1, 0.15) is 0 Å². The molecule has 0 saturated carbocycles. The van der Waals surface area contributed by atoms with Crippen LogP contribution in [0.5, 0.6) is 0 Å². The van der Waals surface area contributed by atoms with Gasteiger partial charge in [-0.1, -0.05) is 18.2 Å². The number of nitrogens with zero attached hydrogens (tertiary/aromatic N) is 1. The number of amides is 1. The van der Waals surface area contributed by atoms with Gasteiger partial charge in [-0.25, -0.2) is 0 Å². The van der Waals surface area contributed by atoms with E-state index in [-0.39, 0.29) is 12.1 Å². The minimum Gasteiger partial charge on any atom is -0.369 e. The second kappa shape index (κ2) is 4.52. The van der Waals surface area contributed by atoms with E-state index < -0.39 is 16.4 Å². The Balaban J connectivity index is 3.15. The number of primary amides is 1. The van der Waals surface area contributed by atoms with Crippen molar-refractivity contribution < 1.29 is 13.2 Å². The first-order chi connectivity index (χ1) is 6.59. The van der Waals surface area contributed by atoms with E-state index >= 15 is 0 Å². The Bertz CT molecular complexity index is 471. The largest absolute Gasteiger partial charge is 0.369 e. The number of nitrogens with two attached hydrogens (primary N) is 1. The average molecular weight is 212 g/mol. The highest BCUT2D eigenvalue weighted by Crippen LogP contribution is 2.18. The summed E-state index contributed by atoms with van der Waals surface area (Å²) < 4.78 is 24.0. The van der Waals surface area contributed by atoms with Crippen LogP contribution in [0.15, 0.2) is 28.6 Å². The molecule has 0 aliphatic carbocycles. The highest BCUT2D eigenvalue weighted by atomic mass is 32.2. The molecule has 0 aliphatic rings. The average Bonchev–Trinajstić information content (AvgIpc) is 2.06. The molecule has 5 nitrogen and oxygen atoms in total. The molecule has 1 aromatic rings. The van der Waals surface area contributed by atoms with Crippen LogP contribution in [-0.2, 0) is 21.7 Å². The first-order valence-electron chi connectivity index (χ1n) is 3.77. The molecule has 2 N–H and O–H groups in total. The van der Waals surface area contributed by atoms with E-state index in [0.717, 1.165) is 0 Å². The van der Waals surface area contributed by atoms with E-state index in [1.54, 1.807) is 18.2 Å². The predicted molar refractivity (Wildman–Crippen MR) is 50.3 cm³/mol. The highest BCUT2D eigenvalue weighted by molar-refractivity contribution is 7.61. The lowest BCUT2D eigenvalue weighted by atomic mass is 10.1. The summed E-state index contributed by atoms with van der Waals surface area (Å²) in [6, 6.07) is 6.44. The van der Waals surface area contributed by atoms with Crippen molar-refractivity contribution >= 4 is 22.1 Å². The maximum absolute atomic E-state index is 10.6. The van der Waals surface area contributed by atoms with E-state index in [4.69, 9.17) is 5.73 Å². The summed E-state index contributed by atoms with van der Waals surface area (Å²) in [5.41, 5.74) is 5.74. The summed E-state index contributed by atoms with van der Waals surface area (Å²) >= 11 is 0. The minimum absolute atomic E-state index is 0.0170. The zero-order chi connectivity index (χ0) is 10.6. The molecule has 0 unspecified atom stereocenters. The van der Waals surface area contributed by atoms with Crippen LogP contribution in [0.3, 0.4) is 0 Å². The molecule has 1 amide bonds. The summed E-state index contributed by atoms with van der Waals surface area (Å²) in [6.07, 6.45) is -0.0170. The van der Waals surface area contributed by atoms with Crippen LogP contribution in [-0.4, -0.2) is 14.3 Å². The van der Waals surface area contributed by atoms with Crippen molar-refractivity contribution in [3.63, 3.8) is 0 Å². The maximum Gasteiger partial charge on any atom is 0.316 e. The van der Waals surface area contributed by atoms with Gasteiger partial charge < -0.3 is 5.73 Å². The fourth-order valence-corrected chi connectivity index (χ4v) is 1.36. The van der Waals surface area contributed by atoms with Crippen molar-refractivity contribution in [1.82, 2.24) is 0 Å². The third-order valence-corrected chi connectivity index (χ3v) is 1.87. The molecule has 0 bridgehead atoms. The highest BCUT2D eigenvalue weighted by Gasteiger charge is 2.03. The smallest absolute Gasteiger partial charge is 0.316 e. The van der Waals surface area contributed by atoms with Gasteiger partial charge in [-0.05, 0) is 11.6 Å². The van der Waals surface area contributed by atoms with E-state index in [2.05, 4.69) is 4.36 Å². The monoisotopic (exact) mass is 212 g/mol. The van der Waals surface area contributed by atoms with Gasteiger partial charge in [-0.2, -0.15) is 8.42 Å². The lowest BCUT2D eigenvalue weighted by Gasteiger charge is -1.99. The van der Waals surface area contributed by atoms with Gasteiger partial charge in [0.2, 0.25) is 5.91 Å². The number of benzene rings is 1. The topological polar surface area (TPSA) is 89.6 Å². The van der Waals surface area contributed by atoms with Crippen molar-refractivity contribution in [2.24, 2.45) is 10.1 Å². The second-order valence-electron chi connectivity index (χ2n) is 2.58. The predicted octanol–water partition coefficient (Wildman–Crippen LogP) is 0.409. The molecule has 6 heteroatoms. The molecular weight excluding hydrogens is 204 g/mol. The summed E-state index contributed by atoms with van der Waals surface area (Å²) in [4.78, 5) is 10.6. The SMILES string of the molecule is NC(=O)Cc1ccccc1N=S(=O)=O. The van der Waals surface area contributed by atoms with Gasteiger partial charge in [0.25, 0.3) is 0 Å². The van der Waals surface area contributed by atoms with Crippen molar-refractivity contribution in [2.75, 3.05) is 0 Å². The molecule has 0 heterocycles. The zero-order valence-corrected chi connectivity index (χ0v) is 7.99. The Morgan fingerprint density at radius 1 is 1.36 bits per heavy atom. The Hall–Kier alpha value is -1.69. The van der Waals surface area contributed by atoms with Crippen LogP contribution in [0.4, 0.5) is 5.69 Å². The lowest BCUT2D eigenvalue weighted by Crippen LogP contribution is -2.13. The normalized spacial score (nSPS) is 9.43. The second-order valence-corrected chi connectivity index (χ2v) is 3.20. The van der Waals surface area contributed by atoms with Gasteiger partial charge in [0.05, 0.1) is 12.1 Å². The first kappa shape index (κ1) is 10.4. The molecule has 14 heavy (non-hydrogen) atoms. The zero-order valence-electron chi connectivity index (χ0n) is 7.17. The summed E-state index contributed by atoms with van der Waals surface area (Å²) in [5, 5.41) is 0. The maximum atomic E-state index is 10.6. The standard InChI is InChI=1S/C8H8N2O3S/c9-8(11)5-6-3-1-2-4-7(6)10-14(12)13/h1-4H,5H2,(H2,9,11).